The Morgan fingerprint density at radius 3 is 2.35 bits per heavy atom. The standard InChI is InChI=1S/C15H15N3O2/c1-11-9-17(2)14(20)18(11)13-5-3-12(4-6-13)15(7-8-15)16-10-19/h3-6,9H,7-8H2,1-2H3. The molecule has 0 saturated heterocycles. The van der Waals surface area contributed by atoms with Gasteiger partial charge in [0, 0.05) is 18.9 Å². The lowest BCUT2D eigenvalue weighted by molar-refractivity contribution is 0.556. The topological polar surface area (TPSA) is 56.4 Å². The maximum absolute atomic E-state index is 12.0. The molecular formula is C15H15N3O2. The fourth-order valence-electron chi connectivity index (χ4n) is 2.61. The Hall–Kier alpha value is -2.39. The van der Waals surface area contributed by atoms with Gasteiger partial charge in [-0.25, -0.2) is 9.59 Å². The average molecular weight is 269 g/mol. The number of carbonyl (C=O) groups excluding carboxylic acids is 1. The summed E-state index contributed by atoms with van der Waals surface area (Å²) < 4.78 is 3.22. The van der Waals surface area contributed by atoms with Gasteiger partial charge in [-0.3, -0.25) is 4.57 Å². The van der Waals surface area contributed by atoms with Gasteiger partial charge in [-0.15, -0.1) is 0 Å². The number of hydrogen-bond acceptors (Lipinski definition) is 3. The molecule has 0 radical (unpaired) electrons. The first-order valence-corrected chi connectivity index (χ1v) is 6.52. The van der Waals surface area contributed by atoms with Crippen molar-refractivity contribution in [3.63, 3.8) is 0 Å². The van der Waals surface area contributed by atoms with Gasteiger partial charge in [0.05, 0.1) is 11.2 Å². The Balaban J connectivity index is 2.02. The van der Waals surface area contributed by atoms with Crippen molar-refractivity contribution in [3.05, 3.63) is 52.2 Å². The highest BCUT2D eigenvalue weighted by Gasteiger charge is 2.44. The number of nitrogens with zero attached hydrogens (tertiary/aromatic N) is 3. The highest BCUT2D eigenvalue weighted by molar-refractivity contribution is 5.44. The monoisotopic (exact) mass is 269 g/mol. The van der Waals surface area contributed by atoms with Crippen molar-refractivity contribution in [1.29, 1.82) is 0 Å². The molecule has 1 fully saturated rings. The van der Waals surface area contributed by atoms with Crippen LogP contribution in [0.4, 0.5) is 0 Å². The van der Waals surface area contributed by atoms with Crippen LogP contribution < -0.4 is 5.69 Å². The molecular weight excluding hydrogens is 254 g/mol. The summed E-state index contributed by atoms with van der Waals surface area (Å²) in [7, 11) is 1.73. The van der Waals surface area contributed by atoms with Crippen LogP contribution >= 0.6 is 0 Å². The van der Waals surface area contributed by atoms with Gasteiger partial charge in [0.1, 0.15) is 0 Å². The van der Waals surface area contributed by atoms with Crippen LogP contribution in [0.1, 0.15) is 24.1 Å². The summed E-state index contributed by atoms with van der Waals surface area (Å²) in [6, 6.07) is 7.65. The molecule has 5 heteroatoms. The molecule has 1 saturated carbocycles. The second-order valence-corrected chi connectivity index (χ2v) is 5.28. The third kappa shape index (κ3) is 1.84. The van der Waals surface area contributed by atoms with E-state index in [1.54, 1.807) is 28.5 Å². The highest BCUT2D eigenvalue weighted by Crippen LogP contribution is 2.49. The minimum atomic E-state index is -0.364. The van der Waals surface area contributed by atoms with E-state index >= 15 is 0 Å². The van der Waals surface area contributed by atoms with Crippen molar-refractivity contribution in [3.8, 4) is 5.69 Å². The lowest BCUT2D eigenvalue weighted by Crippen LogP contribution is -2.21. The Morgan fingerprint density at radius 1 is 1.25 bits per heavy atom. The van der Waals surface area contributed by atoms with Crippen LogP contribution in [0.5, 0.6) is 0 Å². The Bertz CT molecular complexity index is 757. The van der Waals surface area contributed by atoms with Crippen LogP contribution in [0.3, 0.4) is 0 Å². The molecule has 0 aliphatic heterocycles. The number of aryl methyl sites for hydroxylation is 2. The summed E-state index contributed by atoms with van der Waals surface area (Å²) in [4.78, 5) is 26.4. The van der Waals surface area contributed by atoms with E-state index in [0.717, 1.165) is 29.8 Å². The van der Waals surface area contributed by atoms with E-state index in [-0.39, 0.29) is 11.2 Å². The van der Waals surface area contributed by atoms with Gasteiger partial charge < -0.3 is 4.57 Å². The number of aliphatic imine (C=N–C) groups is 1. The van der Waals surface area contributed by atoms with Crippen molar-refractivity contribution >= 4 is 6.08 Å². The van der Waals surface area contributed by atoms with E-state index in [1.807, 2.05) is 31.2 Å². The molecule has 1 aromatic carbocycles. The third-order valence-corrected chi connectivity index (χ3v) is 3.87. The normalized spacial score (nSPS) is 15.7. The summed E-state index contributed by atoms with van der Waals surface area (Å²) in [6.07, 6.45) is 5.22. The SMILES string of the molecule is Cc1cn(C)c(=O)n1-c1ccc(C2(N=C=O)CC2)cc1. The van der Waals surface area contributed by atoms with E-state index in [0.29, 0.717) is 0 Å². The van der Waals surface area contributed by atoms with Crippen LogP contribution in [-0.4, -0.2) is 15.2 Å². The summed E-state index contributed by atoms with van der Waals surface area (Å²) in [5.74, 6) is 0. The van der Waals surface area contributed by atoms with E-state index in [2.05, 4.69) is 4.99 Å². The molecule has 1 heterocycles. The summed E-state index contributed by atoms with van der Waals surface area (Å²) in [5, 5.41) is 0. The zero-order valence-corrected chi connectivity index (χ0v) is 11.5. The zero-order chi connectivity index (χ0) is 14.3. The Labute approximate surface area is 116 Å². The fraction of sp³-hybridized carbons (Fsp3) is 0.333. The van der Waals surface area contributed by atoms with Crippen molar-refractivity contribution in [2.75, 3.05) is 0 Å². The smallest absolute Gasteiger partial charge is 0.302 e. The van der Waals surface area contributed by atoms with Gasteiger partial charge in [-0.1, -0.05) is 12.1 Å². The van der Waals surface area contributed by atoms with Crippen molar-refractivity contribution < 1.29 is 4.79 Å². The van der Waals surface area contributed by atoms with E-state index < -0.39 is 0 Å². The van der Waals surface area contributed by atoms with Crippen molar-refractivity contribution in [2.45, 2.75) is 25.3 Å². The predicted octanol–water partition coefficient (Wildman–Crippen LogP) is 1.81. The second kappa shape index (κ2) is 4.32. The number of hydrogen-bond donors (Lipinski definition) is 0. The van der Waals surface area contributed by atoms with Crippen LogP contribution in [0.25, 0.3) is 5.69 Å². The van der Waals surface area contributed by atoms with Crippen molar-refractivity contribution in [2.24, 2.45) is 12.0 Å². The number of benzene rings is 1. The molecule has 0 spiro atoms. The molecule has 3 rings (SSSR count). The molecule has 0 unspecified atom stereocenters. The molecule has 0 amide bonds. The Kier molecular flexibility index (Phi) is 2.73. The lowest BCUT2D eigenvalue weighted by Gasteiger charge is -2.10. The second-order valence-electron chi connectivity index (χ2n) is 5.28. The first-order valence-electron chi connectivity index (χ1n) is 6.52. The van der Waals surface area contributed by atoms with E-state index in [4.69, 9.17) is 0 Å². The quantitative estimate of drug-likeness (QED) is 0.630. The van der Waals surface area contributed by atoms with Crippen LogP contribution in [0, 0.1) is 6.92 Å². The van der Waals surface area contributed by atoms with E-state index in [1.165, 1.54) is 0 Å². The summed E-state index contributed by atoms with van der Waals surface area (Å²) >= 11 is 0. The Morgan fingerprint density at radius 2 is 1.90 bits per heavy atom. The number of rotatable bonds is 3. The number of aromatic nitrogens is 2. The van der Waals surface area contributed by atoms with Gasteiger partial charge in [0.2, 0.25) is 6.08 Å². The molecule has 0 atom stereocenters. The molecule has 1 aliphatic rings. The molecule has 0 N–H and O–H groups in total. The van der Waals surface area contributed by atoms with Crippen LogP contribution in [0.15, 0.2) is 40.2 Å². The molecule has 0 bridgehead atoms. The van der Waals surface area contributed by atoms with Crippen LogP contribution in [-0.2, 0) is 17.4 Å². The molecule has 5 nitrogen and oxygen atoms in total. The summed E-state index contributed by atoms with van der Waals surface area (Å²) in [6.45, 7) is 1.90. The zero-order valence-electron chi connectivity index (χ0n) is 11.5. The first-order chi connectivity index (χ1) is 9.57. The lowest BCUT2D eigenvalue weighted by atomic mass is 10.1. The first kappa shape index (κ1) is 12.6. The average Bonchev–Trinajstić information content (AvgIpc) is 3.15. The van der Waals surface area contributed by atoms with Crippen molar-refractivity contribution in [1.82, 2.24) is 9.13 Å². The van der Waals surface area contributed by atoms with Crippen LogP contribution in [0.2, 0.25) is 0 Å². The minimum absolute atomic E-state index is 0.0673. The minimum Gasteiger partial charge on any atom is -0.302 e. The maximum Gasteiger partial charge on any atom is 0.332 e. The predicted molar refractivity (Wildman–Crippen MR) is 74.8 cm³/mol. The molecule has 102 valence electrons. The summed E-state index contributed by atoms with van der Waals surface area (Å²) in [5.41, 5.74) is 2.28. The van der Waals surface area contributed by atoms with Gasteiger partial charge in [-0.2, -0.15) is 4.99 Å². The van der Waals surface area contributed by atoms with Gasteiger partial charge in [0.15, 0.2) is 0 Å². The molecule has 1 aliphatic carbocycles. The highest BCUT2D eigenvalue weighted by atomic mass is 16.1. The van der Waals surface area contributed by atoms with Gasteiger partial charge >= 0.3 is 5.69 Å². The molecule has 2 aromatic rings. The van der Waals surface area contributed by atoms with Gasteiger partial charge in [0.25, 0.3) is 0 Å². The van der Waals surface area contributed by atoms with Gasteiger partial charge in [-0.05, 0) is 37.5 Å². The molecule has 20 heavy (non-hydrogen) atoms. The van der Waals surface area contributed by atoms with E-state index in [9.17, 15) is 9.59 Å². The number of imidazole rings is 1. The fourth-order valence-corrected chi connectivity index (χ4v) is 2.61. The largest absolute Gasteiger partial charge is 0.332 e. The number of isocyanates is 1. The maximum atomic E-state index is 12.0. The third-order valence-electron chi connectivity index (χ3n) is 3.87. The molecule has 1 aromatic heterocycles.